The van der Waals surface area contributed by atoms with Gasteiger partial charge in [0.2, 0.25) is 5.88 Å². The summed E-state index contributed by atoms with van der Waals surface area (Å²) >= 11 is 0. The van der Waals surface area contributed by atoms with E-state index in [1.165, 1.54) is 6.07 Å². The Labute approximate surface area is 165 Å². The van der Waals surface area contributed by atoms with Gasteiger partial charge in [0.1, 0.15) is 12.7 Å². The van der Waals surface area contributed by atoms with E-state index in [1.54, 1.807) is 12.1 Å². The standard InChI is InChI=1S/C19H21F3N2O5/c20-19(21,22)12-29-16-7-6-14(10-24-16)17(26)15(25)8-9-23-18(27)28-11-13-4-2-1-3-5-13/h1-7,10,15,17,25-26H,8-9,11-12H2,(H,23,27). The molecule has 158 valence electrons. The van der Waals surface area contributed by atoms with Crippen LogP contribution in [0.4, 0.5) is 18.0 Å². The molecule has 1 heterocycles. The molecule has 2 rings (SSSR count). The van der Waals surface area contributed by atoms with E-state index in [1.807, 2.05) is 18.2 Å². The number of alkyl halides is 3. The van der Waals surface area contributed by atoms with Crippen molar-refractivity contribution >= 4 is 6.09 Å². The van der Waals surface area contributed by atoms with Crippen LogP contribution in [0.2, 0.25) is 0 Å². The summed E-state index contributed by atoms with van der Waals surface area (Å²) in [5, 5.41) is 22.6. The van der Waals surface area contributed by atoms with Gasteiger partial charge in [-0.3, -0.25) is 0 Å². The van der Waals surface area contributed by atoms with E-state index in [-0.39, 0.29) is 31.0 Å². The number of aliphatic hydroxyl groups is 2. The minimum absolute atomic E-state index is 0.0218. The molecule has 0 saturated carbocycles. The van der Waals surface area contributed by atoms with Gasteiger partial charge in [0.15, 0.2) is 6.61 Å². The SMILES string of the molecule is O=C(NCCC(O)C(O)c1ccc(OCC(F)(F)F)nc1)OCc1ccccc1. The zero-order valence-electron chi connectivity index (χ0n) is 15.3. The molecular weight excluding hydrogens is 393 g/mol. The number of aliphatic hydroxyl groups excluding tert-OH is 2. The summed E-state index contributed by atoms with van der Waals surface area (Å²) in [5.41, 5.74) is 1.02. The molecule has 0 saturated heterocycles. The van der Waals surface area contributed by atoms with Crippen LogP contribution in [0.25, 0.3) is 0 Å². The van der Waals surface area contributed by atoms with Crippen molar-refractivity contribution in [1.29, 1.82) is 0 Å². The fourth-order valence-electron chi connectivity index (χ4n) is 2.28. The van der Waals surface area contributed by atoms with Gasteiger partial charge < -0.3 is 25.0 Å². The third-order valence-electron chi connectivity index (χ3n) is 3.77. The highest BCUT2D eigenvalue weighted by molar-refractivity contribution is 5.67. The number of amides is 1. The van der Waals surface area contributed by atoms with Crippen LogP contribution in [-0.2, 0) is 11.3 Å². The molecule has 2 unspecified atom stereocenters. The van der Waals surface area contributed by atoms with Crippen molar-refractivity contribution < 1.29 is 37.7 Å². The maximum absolute atomic E-state index is 12.1. The predicted molar refractivity (Wildman–Crippen MR) is 96.0 cm³/mol. The van der Waals surface area contributed by atoms with E-state index in [0.717, 1.165) is 17.8 Å². The van der Waals surface area contributed by atoms with Gasteiger partial charge in [0.05, 0.1) is 6.10 Å². The van der Waals surface area contributed by atoms with E-state index in [2.05, 4.69) is 15.0 Å². The van der Waals surface area contributed by atoms with E-state index >= 15 is 0 Å². The number of ether oxygens (including phenoxy) is 2. The summed E-state index contributed by atoms with van der Waals surface area (Å²) in [5.74, 6) is -0.254. The van der Waals surface area contributed by atoms with Crippen LogP contribution in [0.3, 0.4) is 0 Å². The number of alkyl carbamates (subject to hydrolysis) is 1. The molecule has 2 aromatic rings. The van der Waals surface area contributed by atoms with Gasteiger partial charge in [0, 0.05) is 24.4 Å². The summed E-state index contributed by atoms with van der Waals surface area (Å²) in [4.78, 5) is 15.3. The second-order valence-electron chi connectivity index (χ2n) is 6.12. The number of nitrogens with zero attached hydrogens (tertiary/aromatic N) is 1. The lowest BCUT2D eigenvalue weighted by Crippen LogP contribution is -2.29. The first-order valence-electron chi connectivity index (χ1n) is 8.71. The second kappa shape index (κ2) is 10.6. The Bertz CT molecular complexity index is 757. The molecule has 2 atom stereocenters. The van der Waals surface area contributed by atoms with Crippen LogP contribution < -0.4 is 10.1 Å². The first kappa shape index (κ1) is 22.4. The van der Waals surface area contributed by atoms with Gasteiger partial charge >= 0.3 is 12.3 Å². The average Bonchev–Trinajstić information content (AvgIpc) is 2.70. The molecule has 7 nitrogen and oxygen atoms in total. The molecule has 1 amide bonds. The van der Waals surface area contributed by atoms with Crippen LogP contribution in [0.1, 0.15) is 23.7 Å². The van der Waals surface area contributed by atoms with Crippen molar-refractivity contribution in [3.05, 3.63) is 59.8 Å². The number of benzene rings is 1. The van der Waals surface area contributed by atoms with Crippen LogP contribution in [0, 0.1) is 0 Å². The van der Waals surface area contributed by atoms with Crippen molar-refractivity contribution in [3.8, 4) is 5.88 Å². The maximum Gasteiger partial charge on any atom is 0.422 e. The fourth-order valence-corrected chi connectivity index (χ4v) is 2.28. The number of carbonyl (C=O) groups excluding carboxylic acids is 1. The monoisotopic (exact) mass is 414 g/mol. The van der Waals surface area contributed by atoms with Crippen molar-refractivity contribution in [2.45, 2.75) is 31.4 Å². The Morgan fingerprint density at radius 3 is 2.48 bits per heavy atom. The largest absolute Gasteiger partial charge is 0.468 e. The Kier molecular flexibility index (Phi) is 8.22. The van der Waals surface area contributed by atoms with Crippen molar-refractivity contribution in [3.63, 3.8) is 0 Å². The Balaban J connectivity index is 1.71. The van der Waals surface area contributed by atoms with E-state index in [4.69, 9.17) is 4.74 Å². The van der Waals surface area contributed by atoms with Gasteiger partial charge in [-0.25, -0.2) is 9.78 Å². The summed E-state index contributed by atoms with van der Waals surface area (Å²) in [6.07, 6.45) is -6.57. The molecule has 0 bridgehead atoms. The van der Waals surface area contributed by atoms with Crippen LogP contribution >= 0.6 is 0 Å². The summed E-state index contributed by atoms with van der Waals surface area (Å²) < 4.78 is 45.8. The lowest BCUT2D eigenvalue weighted by atomic mass is 10.0. The normalized spacial score (nSPS) is 13.4. The molecule has 0 spiro atoms. The summed E-state index contributed by atoms with van der Waals surface area (Å²) in [7, 11) is 0. The molecule has 1 aromatic heterocycles. The maximum atomic E-state index is 12.1. The highest BCUT2D eigenvalue weighted by atomic mass is 19.4. The first-order valence-corrected chi connectivity index (χ1v) is 8.71. The third-order valence-corrected chi connectivity index (χ3v) is 3.77. The topological polar surface area (TPSA) is 101 Å². The number of halogens is 3. The first-order chi connectivity index (χ1) is 13.7. The van der Waals surface area contributed by atoms with Gasteiger partial charge in [0.25, 0.3) is 0 Å². The number of pyridine rings is 1. The number of nitrogens with one attached hydrogen (secondary N) is 1. The number of aromatic nitrogens is 1. The average molecular weight is 414 g/mol. The number of hydrogen-bond donors (Lipinski definition) is 3. The van der Waals surface area contributed by atoms with E-state index in [0.29, 0.717) is 0 Å². The summed E-state index contributed by atoms with van der Waals surface area (Å²) in [6, 6.07) is 11.6. The zero-order valence-corrected chi connectivity index (χ0v) is 15.3. The molecule has 0 fully saturated rings. The number of rotatable bonds is 9. The smallest absolute Gasteiger partial charge is 0.422 e. The molecule has 3 N–H and O–H groups in total. The highest BCUT2D eigenvalue weighted by Crippen LogP contribution is 2.21. The highest BCUT2D eigenvalue weighted by Gasteiger charge is 2.28. The van der Waals surface area contributed by atoms with Crippen molar-refractivity contribution in [2.24, 2.45) is 0 Å². The summed E-state index contributed by atoms with van der Waals surface area (Å²) in [6.45, 7) is -1.32. The van der Waals surface area contributed by atoms with Gasteiger partial charge in [-0.15, -0.1) is 0 Å². The molecule has 10 heteroatoms. The van der Waals surface area contributed by atoms with Crippen LogP contribution in [0.5, 0.6) is 5.88 Å². The zero-order chi connectivity index (χ0) is 21.3. The number of hydrogen-bond acceptors (Lipinski definition) is 6. The van der Waals surface area contributed by atoms with Gasteiger partial charge in [-0.05, 0) is 18.1 Å². The van der Waals surface area contributed by atoms with Crippen LogP contribution in [-0.4, -0.2) is 46.7 Å². The second-order valence-corrected chi connectivity index (χ2v) is 6.12. The molecular formula is C19H21F3N2O5. The Morgan fingerprint density at radius 1 is 1.14 bits per heavy atom. The van der Waals surface area contributed by atoms with E-state index < -0.39 is 31.1 Å². The van der Waals surface area contributed by atoms with Gasteiger partial charge in [-0.2, -0.15) is 13.2 Å². The molecule has 0 radical (unpaired) electrons. The molecule has 1 aromatic carbocycles. The molecule has 29 heavy (non-hydrogen) atoms. The fraction of sp³-hybridized carbons (Fsp3) is 0.368. The lowest BCUT2D eigenvalue weighted by Gasteiger charge is -2.18. The third kappa shape index (κ3) is 8.36. The Morgan fingerprint density at radius 2 is 1.86 bits per heavy atom. The van der Waals surface area contributed by atoms with E-state index in [9.17, 15) is 28.2 Å². The predicted octanol–water partition coefficient (Wildman–Crippen LogP) is 2.73. The van der Waals surface area contributed by atoms with Crippen molar-refractivity contribution in [1.82, 2.24) is 10.3 Å². The number of carbonyl (C=O) groups is 1. The molecule has 0 aliphatic rings. The quantitative estimate of drug-likeness (QED) is 0.583. The lowest BCUT2D eigenvalue weighted by molar-refractivity contribution is -0.154. The minimum atomic E-state index is -4.48. The Hall–Kier alpha value is -2.85. The minimum Gasteiger partial charge on any atom is -0.468 e. The molecule has 0 aliphatic heterocycles. The van der Waals surface area contributed by atoms with Crippen molar-refractivity contribution in [2.75, 3.05) is 13.2 Å². The van der Waals surface area contributed by atoms with Crippen LogP contribution in [0.15, 0.2) is 48.7 Å². The molecule has 0 aliphatic carbocycles. The van der Waals surface area contributed by atoms with Gasteiger partial charge in [-0.1, -0.05) is 30.3 Å².